The summed E-state index contributed by atoms with van der Waals surface area (Å²) in [5, 5.41) is 8.44. The van der Waals surface area contributed by atoms with Crippen molar-refractivity contribution in [2.75, 3.05) is 0 Å². The minimum absolute atomic E-state index is 0.0373. The number of aromatic nitrogens is 2. The van der Waals surface area contributed by atoms with Gasteiger partial charge in [0.25, 0.3) is 0 Å². The Balaban J connectivity index is 2.85. The molecule has 11 heavy (non-hydrogen) atoms. The molecule has 1 heterocycles. The van der Waals surface area contributed by atoms with Gasteiger partial charge in [0.05, 0.1) is 0 Å². The van der Waals surface area contributed by atoms with Crippen LogP contribution in [0.15, 0.2) is 10.8 Å². The number of hydrogen-bond acceptors (Lipinski definition) is 2. The van der Waals surface area contributed by atoms with Crippen LogP contribution in [0.25, 0.3) is 0 Å². The molecule has 0 radical (unpaired) electrons. The van der Waals surface area contributed by atoms with Crippen molar-refractivity contribution in [3.63, 3.8) is 0 Å². The first-order valence-electron chi connectivity index (χ1n) is 3.00. The Morgan fingerprint density at radius 1 is 1.91 bits per heavy atom. The standard InChI is InChI=1S/C6H7BrN2O2/c1-4-8-5(7)2-9(4)3-6(10)11/h2H,3H2,1H3,(H,10,11). The van der Waals surface area contributed by atoms with E-state index in [9.17, 15) is 4.79 Å². The van der Waals surface area contributed by atoms with Crippen LogP contribution in [0.2, 0.25) is 0 Å². The van der Waals surface area contributed by atoms with E-state index in [-0.39, 0.29) is 6.54 Å². The molecule has 1 N–H and O–H groups in total. The number of carbonyl (C=O) groups is 1. The molecule has 5 heteroatoms. The first-order valence-corrected chi connectivity index (χ1v) is 3.80. The molecule has 0 aliphatic heterocycles. The average molecular weight is 219 g/mol. The van der Waals surface area contributed by atoms with Crippen LogP contribution in [0, 0.1) is 6.92 Å². The van der Waals surface area contributed by atoms with Crippen LogP contribution in [0.3, 0.4) is 0 Å². The summed E-state index contributed by atoms with van der Waals surface area (Å²) in [7, 11) is 0. The van der Waals surface area contributed by atoms with Crippen LogP contribution in [0.5, 0.6) is 0 Å². The third-order valence-corrected chi connectivity index (χ3v) is 1.63. The summed E-state index contributed by atoms with van der Waals surface area (Å²) in [6.45, 7) is 1.72. The highest BCUT2D eigenvalue weighted by atomic mass is 79.9. The van der Waals surface area contributed by atoms with E-state index in [0.717, 1.165) is 0 Å². The van der Waals surface area contributed by atoms with E-state index in [1.54, 1.807) is 17.7 Å². The first kappa shape index (κ1) is 8.26. The van der Waals surface area contributed by atoms with Crippen molar-refractivity contribution in [2.45, 2.75) is 13.5 Å². The highest BCUT2D eigenvalue weighted by Gasteiger charge is 2.04. The van der Waals surface area contributed by atoms with Gasteiger partial charge in [-0.25, -0.2) is 4.98 Å². The fourth-order valence-electron chi connectivity index (χ4n) is 0.775. The van der Waals surface area contributed by atoms with Gasteiger partial charge in [0.2, 0.25) is 0 Å². The smallest absolute Gasteiger partial charge is 0.323 e. The van der Waals surface area contributed by atoms with Gasteiger partial charge in [-0.3, -0.25) is 4.79 Å². The van der Waals surface area contributed by atoms with Crippen LogP contribution in [-0.2, 0) is 11.3 Å². The minimum atomic E-state index is -0.863. The van der Waals surface area contributed by atoms with E-state index < -0.39 is 5.97 Å². The highest BCUT2D eigenvalue weighted by Crippen LogP contribution is 2.08. The third kappa shape index (κ3) is 2.04. The zero-order valence-corrected chi connectivity index (χ0v) is 7.50. The quantitative estimate of drug-likeness (QED) is 0.808. The van der Waals surface area contributed by atoms with Crippen molar-refractivity contribution in [3.05, 3.63) is 16.6 Å². The fraction of sp³-hybridized carbons (Fsp3) is 0.333. The Hall–Kier alpha value is -0.840. The summed E-state index contributed by atoms with van der Waals surface area (Å²) >= 11 is 3.15. The molecule has 0 aliphatic rings. The van der Waals surface area contributed by atoms with E-state index in [0.29, 0.717) is 10.4 Å². The minimum Gasteiger partial charge on any atom is -0.480 e. The SMILES string of the molecule is Cc1nc(Br)cn1CC(=O)O. The summed E-state index contributed by atoms with van der Waals surface area (Å²) in [5.74, 6) is -0.169. The molecule has 4 nitrogen and oxygen atoms in total. The molecule has 1 aromatic rings. The topological polar surface area (TPSA) is 55.1 Å². The van der Waals surface area contributed by atoms with Gasteiger partial charge in [0, 0.05) is 6.20 Å². The van der Waals surface area contributed by atoms with E-state index >= 15 is 0 Å². The molecular weight excluding hydrogens is 212 g/mol. The number of nitrogens with zero attached hydrogens (tertiary/aromatic N) is 2. The number of carboxylic acids is 1. The summed E-state index contributed by atoms with van der Waals surface area (Å²) in [5.41, 5.74) is 0. The highest BCUT2D eigenvalue weighted by molar-refractivity contribution is 9.10. The van der Waals surface area contributed by atoms with E-state index in [1.807, 2.05) is 0 Å². The number of aliphatic carboxylic acids is 1. The summed E-state index contributed by atoms with van der Waals surface area (Å²) in [6.07, 6.45) is 1.64. The van der Waals surface area contributed by atoms with Gasteiger partial charge < -0.3 is 9.67 Å². The molecule has 0 aliphatic carbocycles. The molecule has 0 atom stereocenters. The second-order valence-electron chi connectivity index (χ2n) is 2.13. The van der Waals surface area contributed by atoms with Gasteiger partial charge in [-0.1, -0.05) is 0 Å². The van der Waals surface area contributed by atoms with Crippen LogP contribution in [-0.4, -0.2) is 20.6 Å². The summed E-state index contributed by atoms with van der Waals surface area (Å²) < 4.78 is 2.23. The van der Waals surface area contributed by atoms with E-state index in [1.165, 1.54) is 0 Å². The summed E-state index contributed by atoms with van der Waals surface area (Å²) in [4.78, 5) is 14.2. The molecule has 0 saturated heterocycles. The number of imidazole rings is 1. The lowest BCUT2D eigenvalue weighted by molar-refractivity contribution is -0.137. The molecule has 0 bridgehead atoms. The molecule has 1 aromatic heterocycles. The molecule has 1 rings (SSSR count). The molecular formula is C6H7BrN2O2. The zero-order chi connectivity index (χ0) is 8.43. The monoisotopic (exact) mass is 218 g/mol. The maximum absolute atomic E-state index is 10.3. The Morgan fingerprint density at radius 2 is 2.55 bits per heavy atom. The van der Waals surface area contributed by atoms with Gasteiger partial charge in [-0.15, -0.1) is 0 Å². The maximum Gasteiger partial charge on any atom is 0.323 e. The van der Waals surface area contributed by atoms with Crippen LogP contribution in [0.1, 0.15) is 5.82 Å². The summed E-state index contributed by atoms with van der Waals surface area (Å²) in [6, 6.07) is 0. The Labute approximate surface area is 72.0 Å². The predicted octanol–water partition coefficient (Wildman–Crippen LogP) is 1.04. The van der Waals surface area contributed by atoms with Gasteiger partial charge >= 0.3 is 5.97 Å². The maximum atomic E-state index is 10.3. The van der Waals surface area contributed by atoms with Crippen LogP contribution in [0.4, 0.5) is 0 Å². The lowest BCUT2D eigenvalue weighted by Gasteiger charge is -1.97. The molecule has 0 spiro atoms. The predicted molar refractivity (Wildman–Crippen MR) is 42.3 cm³/mol. The van der Waals surface area contributed by atoms with Crippen molar-refractivity contribution in [3.8, 4) is 0 Å². The zero-order valence-electron chi connectivity index (χ0n) is 5.91. The number of aryl methyl sites for hydroxylation is 1. The molecule has 0 aromatic carbocycles. The van der Waals surface area contributed by atoms with Gasteiger partial charge in [0.1, 0.15) is 17.0 Å². The second-order valence-corrected chi connectivity index (χ2v) is 2.94. The first-order chi connectivity index (χ1) is 5.09. The third-order valence-electron chi connectivity index (χ3n) is 1.25. The second kappa shape index (κ2) is 3.04. The molecule has 60 valence electrons. The lowest BCUT2D eigenvalue weighted by Crippen LogP contribution is -2.08. The van der Waals surface area contributed by atoms with Crippen LogP contribution >= 0.6 is 15.9 Å². The van der Waals surface area contributed by atoms with E-state index in [4.69, 9.17) is 5.11 Å². The van der Waals surface area contributed by atoms with Crippen molar-refractivity contribution >= 4 is 21.9 Å². The van der Waals surface area contributed by atoms with E-state index in [2.05, 4.69) is 20.9 Å². The fourth-order valence-corrected chi connectivity index (χ4v) is 1.28. The average Bonchev–Trinajstić information content (AvgIpc) is 2.09. The van der Waals surface area contributed by atoms with Crippen molar-refractivity contribution < 1.29 is 9.90 Å². The molecule has 0 unspecified atom stereocenters. The van der Waals surface area contributed by atoms with Crippen molar-refractivity contribution in [1.29, 1.82) is 0 Å². The molecule has 0 fully saturated rings. The molecule has 0 amide bonds. The number of hydrogen-bond donors (Lipinski definition) is 1. The number of rotatable bonds is 2. The van der Waals surface area contributed by atoms with Gasteiger partial charge in [0.15, 0.2) is 0 Å². The number of carboxylic acid groups (broad SMARTS) is 1. The van der Waals surface area contributed by atoms with Crippen molar-refractivity contribution in [1.82, 2.24) is 9.55 Å². The number of halogens is 1. The van der Waals surface area contributed by atoms with Gasteiger partial charge in [-0.2, -0.15) is 0 Å². The lowest BCUT2D eigenvalue weighted by atomic mass is 10.6. The Bertz CT molecular complexity index is 282. The Morgan fingerprint density at radius 3 is 2.91 bits per heavy atom. The molecule has 0 saturated carbocycles. The normalized spacial score (nSPS) is 10.0. The van der Waals surface area contributed by atoms with Crippen molar-refractivity contribution in [2.24, 2.45) is 0 Å². The van der Waals surface area contributed by atoms with Gasteiger partial charge in [-0.05, 0) is 22.9 Å². The Kier molecular flexibility index (Phi) is 2.28. The largest absolute Gasteiger partial charge is 0.480 e. The van der Waals surface area contributed by atoms with Crippen LogP contribution < -0.4 is 0 Å².